The number of benzene rings is 2. The van der Waals surface area contributed by atoms with Crippen LogP contribution in [0.5, 0.6) is 0 Å². The first-order valence-electron chi connectivity index (χ1n) is 8.06. The number of aromatic nitrogens is 2. The van der Waals surface area contributed by atoms with Crippen molar-refractivity contribution < 1.29 is 0 Å². The molecule has 0 radical (unpaired) electrons. The van der Waals surface area contributed by atoms with Crippen LogP contribution < -0.4 is 16.2 Å². The van der Waals surface area contributed by atoms with Crippen molar-refractivity contribution in [2.45, 2.75) is 13.8 Å². The summed E-state index contributed by atoms with van der Waals surface area (Å²) in [6.45, 7) is 3.83. The molecule has 0 spiro atoms. The average molecular weight is 387 g/mol. The molecule has 0 unspecified atom stereocenters. The molecular formula is C19H19ClN4OS. The molecule has 0 aliphatic heterocycles. The van der Waals surface area contributed by atoms with E-state index in [1.165, 1.54) is 0 Å². The fraction of sp³-hybridized carbons (Fsp3) is 0.158. The van der Waals surface area contributed by atoms with Crippen molar-refractivity contribution in [3.63, 3.8) is 0 Å². The Morgan fingerprint density at radius 2 is 1.77 bits per heavy atom. The van der Waals surface area contributed by atoms with E-state index in [0.717, 1.165) is 22.6 Å². The normalized spacial score (nSPS) is 10.6. The minimum Gasteiger partial charge on any atom is -0.332 e. The van der Waals surface area contributed by atoms with Gasteiger partial charge in [-0.05, 0) is 55.9 Å². The van der Waals surface area contributed by atoms with Crippen LogP contribution >= 0.6 is 23.8 Å². The highest BCUT2D eigenvalue weighted by Crippen LogP contribution is 2.21. The maximum Gasteiger partial charge on any atom is 0.295 e. The van der Waals surface area contributed by atoms with Crippen LogP contribution in [-0.2, 0) is 7.05 Å². The highest BCUT2D eigenvalue weighted by atomic mass is 35.5. The molecule has 134 valence electrons. The maximum absolute atomic E-state index is 12.9. The molecule has 0 bridgehead atoms. The molecule has 0 amide bonds. The summed E-state index contributed by atoms with van der Waals surface area (Å²) in [5, 5.41) is 7.08. The third kappa shape index (κ3) is 3.52. The fourth-order valence-corrected chi connectivity index (χ4v) is 3.09. The van der Waals surface area contributed by atoms with Crippen molar-refractivity contribution in [2.75, 3.05) is 10.6 Å². The topological polar surface area (TPSA) is 51.0 Å². The Bertz CT molecular complexity index is 1020. The molecule has 1 aromatic heterocycles. The van der Waals surface area contributed by atoms with Crippen molar-refractivity contribution in [3.8, 4) is 5.69 Å². The SMILES string of the molecule is Cc1ccc(Cl)cc1NC(=S)Nc1c(C)n(C)n(-c2ccccc2)c1=O. The highest BCUT2D eigenvalue weighted by Gasteiger charge is 2.17. The molecule has 7 heteroatoms. The second kappa shape index (κ2) is 7.35. The predicted molar refractivity (Wildman–Crippen MR) is 112 cm³/mol. The number of halogens is 1. The molecule has 3 aromatic rings. The number of aryl methyl sites for hydroxylation is 1. The number of anilines is 2. The van der Waals surface area contributed by atoms with Crippen LogP contribution in [0.15, 0.2) is 53.3 Å². The van der Waals surface area contributed by atoms with Crippen LogP contribution in [0, 0.1) is 13.8 Å². The van der Waals surface area contributed by atoms with E-state index in [2.05, 4.69) is 10.6 Å². The Morgan fingerprint density at radius 1 is 1.08 bits per heavy atom. The van der Waals surface area contributed by atoms with Crippen molar-refractivity contribution in [3.05, 3.63) is 75.2 Å². The van der Waals surface area contributed by atoms with Gasteiger partial charge in [-0.25, -0.2) is 4.68 Å². The lowest BCUT2D eigenvalue weighted by atomic mass is 10.2. The van der Waals surface area contributed by atoms with Gasteiger partial charge >= 0.3 is 0 Å². The predicted octanol–water partition coefficient (Wildman–Crippen LogP) is 4.26. The number of thiocarbonyl (C=S) groups is 1. The van der Waals surface area contributed by atoms with E-state index in [9.17, 15) is 4.79 Å². The molecule has 2 aromatic carbocycles. The lowest BCUT2D eigenvalue weighted by Crippen LogP contribution is -2.25. The Hall–Kier alpha value is -2.57. The monoisotopic (exact) mass is 386 g/mol. The van der Waals surface area contributed by atoms with Crippen LogP contribution in [0.3, 0.4) is 0 Å². The summed E-state index contributed by atoms with van der Waals surface area (Å²) in [7, 11) is 1.84. The van der Waals surface area contributed by atoms with Crippen LogP contribution in [0.4, 0.5) is 11.4 Å². The molecule has 0 atom stereocenters. The first-order chi connectivity index (χ1) is 12.4. The molecule has 5 nitrogen and oxygen atoms in total. The number of para-hydroxylation sites is 1. The fourth-order valence-electron chi connectivity index (χ4n) is 2.71. The lowest BCUT2D eigenvalue weighted by Gasteiger charge is -2.12. The zero-order valence-corrected chi connectivity index (χ0v) is 16.3. The summed E-state index contributed by atoms with van der Waals surface area (Å²) in [6.07, 6.45) is 0. The second-order valence-electron chi connectivity index (χ2n) is 5.97. The van der Waals surface area contributed by atoms with Crippen molar-refractivity contribution in [1.82, 2.24) is 9.36 Å². The van der Waals surface area contributed by atoms with Gasteiger partial charge in [0.25, 0.3) is 5.56 Å². The molecule has 0 saturated heterocycles. The van der Waals surface area contributed by atoms with Gasteiger partial charge in [0.15, 0.2) is 5.11 Å². The molecule has 0 aliphatic carbocycles. The molecule has 26 heavy (non-hydrogen) atoms. The van der Waals surface area contributed by atoms with Gasteiger partial charge < -0.3 is 10.6 Å². The van der Waals surface area contributed by atoms with Crippen molar-refractivity contribution >= 4 is 40.3 Å². The minimum atomic E-state index is -0.164. The quantitative estimate of drug-likeness (QED) is 0.660. The second-order valence-corrected chi connectivity index (χ2v) is 6.82. The van der Waals surface area contributed by atoms with Crippen molar-refractivity contribution in [1.29, 1.82) is 0 Å². The van der Waals surface area contributed by atoms with E-state index in [1.807, 2.05) is 63.4 Å². The van der Waals surface area contributed by atoms with E-state index in [-0.39, 0.29) is 5.56 Å². The Labute approximate surface area is 162 Å². The van der Waals surface area contributed by atoms with E-state index in [0.29, 0.717) is 15.8 Å². The summed E-state index contributed by atoms with van der Waals surface area (Å²) in [5.74, 6) is 0. The van der Waals surface area contributed by atoms with Gasteiger partial charge in [-0.1, -0.05) is 35.9 Å². The molecule has 0 aliphatic rings. The Kier molecular flexibility index (Phi) is 5.15. The third-order valence-corrected chi connectivity index (χ3v) is 4.68. The minimum absolute atomic E-state index is 0.164. The molecule has 3 rings (SSSR count). The van der Waals surface area contributed by atoms with Crippen LogP contribution in [0.25, 0.3) is 5.69 Å². The highest BCUT2D eigenvalue weighted by molar-refractivity contribution is 7.80. The molecular weight excluding hydrogens is 368 g/mol. The van der Waals surface area contributed by atoms with Gasteiger partial charge in [0.1, 0.15) is 5.69 Å². The van der Waals surface area contributed by atoms with Gasteiger partial charge in [-0.3, -0.25) is 9.48 Å². The molecule has 2 N–H and O–H groups in total. The third-order valence-electron chi connectivity index (χ3n) is 4.24. The maximum atomic E-state index is 12.9. The van der Waals surface area contributed by atoms with Crippen molar-refractivity contribution in [2.24, 2.45) is 7.05 Å². The smallest absolute Gasteiger partial charge is 0.295 e. The van der Waals surface area contributed by atoms with Gasteiger partial charge in [0.05, 0.1) is 11.4 Å². The van der Waals surface area contributed by atoms with E-state index in [1.54, 1.807) is 15.4 Å². The molecule has 0 saturated carbocycles. The lowest BCUT2D eigenvalue weighted by molar-refractivity contribution is 0.630. The van der Waals surface area contributed by atoms with Gasteiger partial charge in [0.2, 0.25) is 0 Å². The summed E-state index contributed by atoms with van der Waals surface area (Å²) in [5.41, 5.74) is 3.65. The van der Waals surface area contributed by atoms with Gasteiger partial charge in [-0.15, -0.1) is 0 Å². The van der Waals surface area contributed by atoms with Crippen LogP contribution in [0.2, 0.25) is 5.02 Å². The first-order valence-corrected chi connectivity index (χ1v) is 8.85. The summed E-state index contributed by atoms with van der Waals surface area (Å²) in [4.78, 5) is 12.9. The largest absolute Gasteiger partial charge is 0.332 e. The van der Waals surface area contributed by atoms with E-state index in [4.69, 9.17) is 23.8 Å². The average Bonchev–Trinajstić information content (AvgIpc) is 2.82. The Balaban J connectivity index is 1.90. The number of rotatable bonds is 3. The van der Waals surface area contributed by atoms with E-state index >= 15 is 0 Å². The first kappa shape index (κ1) is 18.2. The number of nitrogens with one attached hydrogen (secondary N) is 2. The zero-order valence-electron chi connectivity index (χ0n) is 14.7. The summed E-state index contributed by atoms with van der Waals surface area (Å²) < 4.78 is 3.40. The molecule has 0 fully saturated rings. The van der Waals surface area contributed by atoms with Crippen LogP contribution in [0.1, 0.15) is 11.3 Å². The Morgan fingerprint density at radius 3 is 2.46 bits per heavy atom. The van der Waals surface area contributed by atoms with Crippen LogP contribution in [-0.4, -0.2) is 14.5 Å². The van der Waals surface area contributed by atoms with Gasteiger partial charge in [0, 0.05) is 17.8 Å². The summed E-state index contributed by atoms with van der Waals surface area (Å²) >= 11 is 11.4. The molecule has 1 heterocycles. The number of nitrogens with zero attached hydrogens (tertiary/aromatic N) is 2. The summed E-state index contributed by atoms with van der Waals surface area (Å²) in [6, 6.07) is 15.0. The number of hydrogen-bond donors (Lipinski definition) is 2. The van der Waals surface area contributed by atoms with Gasteiger partial charge in [-0.2, -0.15) is 0 Å². The zero-order chi connectivity index (χ0) is 18.8. The number of hydrogen-bond acceptors (Lipinski definition) is 2. The van der Waals surface area contributed by atoms with E-state index < -0.39 is 0 Å². The standard InChI is InChI=1S/C19H19ClN4OS/c1-12-9-10-14(20)11-16(12)21-19(26)22-17-13(2)23(3)24(18(17)25)15-7-5-4-6-8-15/h4-11H,1-3H3,(H2,21,22,26).